The van der Waals surface area contributed by atoms with Crippen molar-refractivity contribution in [3.05, 3.63) is 24.3 Å². The summed E-state index contributed by atoms with van der Waals surface area (Å²) in [6, 6.07) is 7.88. The van der Waals surface area contributed by atoms with Crippen molar-refractivity contribution in [2.24, 2.45) is 0 Å². The molecule has 1 aliphatic rings. The van der Waals surface area contributed by atoms with E-state index in [1.807, 2.05) is 43.3 Å². The van der Waals surface area contributed by atoms with Gasteiger partial charge in [-0.1, -0.05) is 11.8 Å². The first-order valence-electron chi connectivity index (χ1n) is 6.80. The monoisotopic (exact) mass is 320 g/mol. The van der Waals surface area contributed by atoms with Crippen molar-refractivity contribution in [1.29, 1.82) is 0 Å². The molecule has 2 heterocycles. The smallest absolute Gasteiger partial charge is 0.407 e. The van der Waals surface area contributed by atoms with Gasteiger partial charge < -0.3 is 19.4 Å². The zero-order chi connectivity index (χ0) is 15.5. The van der Waals surface area contributed by atoms with E-state index in [4.69, 9.17) is 9.15 Å². The number of ether oxygens (including phenoxy) is 1. The molecule has 1 N–H and O–H groups in total. The van der Waals surface area contributed by atoms with Gasteiger partial charge in [0, 0.05) is 31.1 Å². The number of rotatable bonds is 5. The Hall–Kier alpha value is -2.22. The van der Waals surface area contributed by atoms with E-state index in [-0.39, 0.29) is 12.2 Å². The molecule has 22 heavy (non-hydrogen) atoms. The second-order valence-corrected chi connectivity index (χ2v) is 6.00. The maximum atomic E-state index is 10.9. The van der Waals surface area contributed by atoms with Crippen LogP contribution in [0.15, 0.2) is 33.9 Å². The molecule has 0 aliphatic carbocycles. The lowest BCUT2D eigenvalue weighted by atomic mass is 10.2. The Balaban J connectivity index is 1.62. The fourth-order valence-corrected chi connectivity index (χ4v) is 2.73. The summed E-state index contributed by atoms with van der Waals surface area (Å²) in [7, 11) is 3.97. The molecular weight excluding hydrogens is 304 g/mol. The van der Waals surface area contributed by atoms with Gasteiger partial charge in [-0.3, -0.25) is 0 Å². The SMILES string of the molecule is CN(C)c1ccc(-c2nnc(SCC3CNC(=O)O3)o2)cc1. The number of carbonyl (C=O) groups is 1. The maximum absolute atomic E-state index is 10.9. The van der Waals surface area contributed by atoms with Crippen LogP contribution < -0.4 is 10.2 Å². The largest absolute Gasteiger partial charge is 0.443 e. The van der Waals surface area contributed by atoms with E-state index < -0.39 is 0 Å². The lowest BCUT2D eigenvalue weighted by molar-refractivity contribution is 0.150. The Bertz CT molecular complexity index is 656. The second kappa shape index (κ2) is 6.27. The minimum absolute atomic E-state index is 0.160. The molecule has 0 saturated carbocycles. The van der Waals surface area contributed by atoms with Gasteiger partial charge in [0.25, 0.3) is 5.22 Å². The summed E-state index contributed by atoms with van der Waals surface area (Å²) in [5.41, 5.74) is 1.98. The number of alkyl carbamates (subject to hydrolysis) is 1. The average molecular weight is 320 g/mol. The number of benzene rings is 1. The molecule has 0 bridgehead atoms. The molecule has 8 heteroatoms. The predicted octanol–water partition coefficient (Wildman–Crippen LogP) is 2.00. The summed E-state index contributed by atoms with van der Waals surface area (Å²) in [6.07, 6.45) is -0.537. The number of carbonyl (C=O) groups excluding carboxylic acids is 1. The summed E-state index contributed by atoms with van der Waals surface area (Å²) in [5, 5.41) is 11.1. The van der Waals surface area contributed by atoms with Gasteiger partial charge in [0.2, 0.25) is 5.89 Å². The lowest BCUT2D eigenvalue weighted by Crippen LogP contribution is -2.16. The predicted molar refractivity (Wildman–Crippen MR) is 83.1 cm³/mol. The highest BCUT2D eigenvalue weighted by molar-refractivity contribution is 7.99. The topological polar surface area (TPSA) is 80.5 Å². The third-order valence-electron chi connectivity index (χ3n) is 3.18. The van der Waals surface area contributed by atoms with Crippen molar-refractivity contribution in [2.75, 3.05) is 31.3 Å². The highest BCUT2D eigenvalue weighted by atomic mass is 32.2. The molecule has 1 saturated heterocycles. The van der Waals surface area contributed by atoms with E-state index in [2.05, 4.69) is 15.5 Å². The number of anilines is 1. The molecule has 1 unspecified atom stereocenters. The molecule has 7 nitrogen and oxygen atoms in total. The number of thioether (sulfide) groups is 1. The molecule has 3 rings (SSSR count). The van der Waals surface area contributed by atoms with Gasteiger partial charge in [0.1, 0.15) is 6.10 Å². The van der Waals surface area contributed by atoms with E-state index in [0.29, 0.717) is 23.4 Å². The Labute approximate surface area is 132 Å². The van der Waals surface area contributed by atoms with Gasteiger partial charge in [-0.2, -0.15) is 0 Å². The summed E-state index contributed by atoms with van der Waals surface area (Å²) in [4.78, 5) is 13.0. The van der Waals surface area contributed by atoms with Crippen LogP contribution >= 0.6 is 11.8 Å². The number of hydrogen-bond donors (Lipinski definition) is 1. The summed E-state index contributed by atoms with van der Waals surface area (Å²) in [6.45, 7) is 0.513. The fraction of sp³-hybridized carbons (Fsp3) is 0.357. The van der Waals surface area contributed by atoms with Crippen LogP contribution in [0.3, 0.4) is 0 Å². The number of cyclic esters (lactones) is 1. The van der Waals surface area contributed by atoms with Crippen LogP contribution in [0.4, 0.5) is 10.5 Å². The van der Waals surface area contributed by atoms with Gasteiger partial charge in [0.05, 0.1) is 6.54 Å². The van der Waals surface area contributed by atoms with Crippen LogP contribution in [-0.2, 0) is 4.74 Å². The number of amides is 1. The van der Waals surface area contributed by atoms with Crippen LogP contribution in [0.5, 0.6) is 0 Å². The van der Waals surface area contributed by atoms with Gasteiger partial charge in [-0.15, -0.1) is 10.2 Å². The zero-order valence-electron chi connectivity index (χ0n) is 12.3. The van der Waals surface area contributed by atoms with Gasteiger partial charge >= 0.3 is 6.09 Å². The molecule has 1 aliphatic heterocycles. The number of aromatic nitrogens is 2. The first-order valence-corrected chi connectivity index (χ1v) is 7.79. The second-order valence-electron chi connectivity index (χ2n) is 5.03. The van der Waals surface area contributed by atoms with Crippen molar-refractivity contribution < 1.29 is 13.9 Å². The highest BCUT2D eigenvalue weighted by Crippen LogP contribution is 2.25. The third kappa shape index (κ3) is 3.33. The quantitative estimate of drug-likeness (QED) is 0.844. The molecule has 1 aromatic carbocycles. The summed E-state index contributed by atoms with van der Waals surface area (Å²) in [5.74, 6) is 1.06. The van der Waals surface area contributed by atoms with Crippen molar-refractivity contribution in [2.45, 2.75) is 11.3 Å². The molecule has 0 radical (unpaired) electrons. The van der Waals surface area contributed by atoms with Crippen LogP contribution in [0.1, 0.15) is 0 Å². The number of hydrogen-bond acceptors (Lipinski definition) is 7. The molecule has 1 fully saturated rings. The van der Waals surface area contributed by atoms with E-state index in [9.17, 15) is 4.79 Å². The van der Waals surface area contributed by atoms with Crippen LogP contribution in [0, 0.1) is 0 Å². The fourth-order valence-electron chi connectivity index (χ4n) is 1.98. The molecule has 1 amide bonds. The summed E-state index contributed by atoms with van der Waals surface area (Å²) < 4.78 is 10.7. The van der Waals surface area contributed by atoms with Crippen molar-refractivity contribution in [1.82, 2.24) is 15.5 Å². The minimum Gasteiger partial charge on any atom is -0.443 e. The Morgan fingerprint density at radius 3 is 2.73 bits per heavy atom. The molecule has 0 spiro atoms. The molecule has 1 atom stereocenters. The Kier molecular flexibility index (Phi) is 4.19. The van der Waals surface area contributed by atoms with E-state index in [1.165, 1.54) is 11.8 Å². The standard InChI is InChI=1S/C14H16N4O3S/c1-18(2)10-5-3-9(4-6-10)12-16-17-14(21-12)22-8-11-7-15-13(19)20-11/h3-6,11H,7-8H2,1-2H3,(H,15,19). The van der Waals surface area contributed by atoms with Crippen molar-refractivity contribution in [3.8, 4) is 11.5 Å². The van der Waals surface area contributed by atoms with Gasteiger partial charge in [0.15, 0.2) is 0 Å². The van der Waals surface area contributed by atoms with Crippen molar-refractivity contribution >= 4 is 23.5 Å². The molecular formula is C14H16N4O3S. The summed E-state index contributed by atoms with van der Waals surface area (Å²) >= 11 is 1.38. The van der Waals surface area contributed by atoms with Gasteiger partial charge in [-0.05, 0) is 24.3 Å². The van der Waals surface area contributed by atoms with Crippen LogP contribution in [0.25, 0.3) is 11.5 Å². The minimum atomic E-state index is -0.377. The Morgan fingerprint density at radius 1 is 1.32 bits per heavy atom. The Morgan fingerprint density at radius 2 is 2.09 bits per heavy atom. The first-order chi connectivity index (χ1) is 10.6. The number of nitrogens with zero attached hydrogens (tertiary/aromatic N) is 3. The highest BCUT2D eigenvalue weighted by Gasteiger charge is 2.23. The molecule has 116 valence electrons. The zero-order valence-corrected chi connectivity index (χ0v) is 13.1. The average Bonchev–Trinajstić information content (AvgIpc) is 3.14. The van der Waals surface area contributed by atoms with E-state index in [0.717, 1.165) is 11.3 Å². The van der Waals surface area contributed by atoms with E-state index in [1.54, 1.807) is 0 Å². The van der Waals surface area contributed by atoms with Crippen molar-refractivity contribution in [3.63, 3.8) is 0 Å². The van der Waals surface area contributed by atoms with Gasteiger partial charge in [-0.25, -0.2) is 4.79 Å². The maximum Gasteiger partial charge on any atom is 0.407 e. The first kappa shape index (κ1) is 14.7. The normalized spacial score (nSPS) is 17.2. The molecule has 1 aromatic heterocycles. The third-order valence-corrected chi connectivity index (χ3v) is 4.13. The van der Waals surface area contributed by atoms with Crippen LogP contribution in [-0.4, -0.2) is 48.8 Å². The van der Waals surface area contributed by atoms with Crippen LogP contribution in [0.2, 0.25) is 0 Å². The number of nitrogens with one attached hydrogen (secondary N) is 1. The lowest BCUT2D eigenvalue weighted by Gasteiger charge is -2.11. The van der Waals surface area contributed by atoms with E-state index >= 15 is 0 Å². The molecule has 2 aromatic rings.